The van der Waals surface area contributed by atoms with Crippen molar-refractivity contribution in [3.8, 4) is 0 Å². The minimum atomic E-state index is -2.69. The molecule has 0 aromatic carbocycles. The van der Waals surface area contributed by atoms with E-state index in [0.29, 0.717) is 0 Å². The number of hydrogen-bond donors (Lipinski definition) is 0. The van der Waals surface area contributed by atoms with Crippen LogP contribution in [0.4, 0.5) is 8.78 Å². The van der Waals surface area contributed by atoms with Crippen LogP contribution in [0.5, 0.6) is 0 Å². The van der Waals surface area contributed by atoms with Gasteiger partial charge in [0, 0.05) is 6.20 Å². The second-order valence-electron chi connectivity index (χ2n) is 2.75. The zero-order valence-electron chi connectivity index (χ0n) is 7.19. The number of alkyl halides is 2. The molecule has 4 nitrogen and oxygen atoms in total. The molecule has 0 aliphatic carbocycles. The maximum Gasteiger partial charge on any atom is 0.280 e. The second-order valence-corrected chi connectivity index (χ2v) is 3.10. The summed E-state index contributed by atoms with van der Waals surface area (Å²) in [6.07, 6.45) is -0.205. The predicted molar refractivity (Wildman–Crippen MR) is 48.1 cm³/mol. The van der Waals surface area contributed by atoms with Crippen LogP contribution in [0.3, 0.4) is 0 Å². The summed E-state index contributed by atoms with van der Waals surface area (Å²) in [5, 5.41) is 2.97. The standard InChI is InChI=1S/C8H4ClF2N3O/c9-6(15)4-3-12-14-2-1-5(7(10)11)13-8(4)14/h1-3,7H. The average molecular weight is 232 g/mol. The fourth-order valence-corrected chi connectivity index (χ4v) is 1.28. The quantitative estimate of drug-likeness (QED) is 0.743. The topological polar surface area (TPSA) is 47.3 Å². The highest BCUT2D eigenvalue weighted by Gasteiger charge is 2.15. The lowest BCUT2D eigenvalue weighted by atomic mass is 10.3. The summed E-state index contributed by atoms with van der Waals surface area (Å²) in [6, 6.07) is 1.13. The van der Waals surface area contributed by atoms with Gasteiger partial charge in [-0.2, -0.15) is 5.10 Å². The summed E-state index contributed by atoms with van der Waals surface area (Å²) >= 11 is 5.24. The van der Waals surface area contributed by atoms with Crippen LogP contribution >= 0.6 is 11.6 Å². The molecule has 0 saturated carbocycles. The van der Waals surface area contributed by atoms with Gasteiger partial charge in [0.2, 0.25) is 0 Å². The molecule has 0 fully saturated rings. The first-order valence-corrected chi connectivity index (χ1v) is 4.29. The van der Waals surface area contributed by atoms with Gasteiger partial charge in [-0.3, -0.25) is 4.79 Å². The summed E-state index contributed by atoms with van der Waals surface area (Å²) in [5.41, 5.74) is -0.367. The van der Waals surface area contributed by atoms with E-state index in [1.807, 2.05) is 0 Å². The SMILES string of the molecule is O=C(Cl)c1cnn2ccc(C(F)F)nc12. The Balaban J connectivity index is 2.66. The van der Waals surface area contributed by atoms with E-state index in [9.17, 15) is 13.6 Å². The van der Waals surface area contributed by atoms with Gasteiger partial charge in [0.1, 0.15) is 5.69 Å². The fourth-order valence-electron chi connectivity index (χ4n) is 1.14. The molecule has 0 radical (unpaired) electrons. The normalized spacial score (nSPS) is 11.2. The van der Waals surface area contributed by atoms with E-state index in [4.69, 9.17) is 11.6 Å². The number of halogens is 3. The number of rotatable bonds is 2. The van der Waals surface area contributed by atoms with E-state index in [-0.39, 0.29) is 11.2 Å². The molecule has 2 aromatic rings. The molecule has 0 aliphatic rings. The van der Waals surface area contributed by atoms with E-state index < -0.39 is 17.4 Å². The van der Waals surface area contributed by atoms with Crippen LogP contribution in [0.1, 0.15) is 22.5 Å². The van der Waals surface area contributed by atoms with Crippen molar-refractivity contribution in [3.63, 3.8) is 0 Å². The van der Waals surface area contributed by atoms with E-state index in [2.05, 4.69) is 10.1 Å². The van der Waals surface area contributed by atoms with Crippen molar-refractivity contribution in [1.82, 2.24) is 14.6 Å². The van der Waals surface area contributed by atoms with Crippen molar-refractivity contribution in [3.05, 3.63) is 29.7 Å². The highest BCUT2D eigenvalue weighted by Crippen LogP contribution is 2.18. The highest BCUT2D eigenvalue weighted by molar-refractivity contribution is 6.68. The van der Waals surface area contributed by atoms with Crippen LogP contribution in [0, 0.1) is 0 Å². The van der Waals surface area contributed by atoms with E-state index in [1.165, 1.54) is 16.9 Å². The summed E-state index contributed by atoms with van der Waals surface area (Å²) in [6.45, 7) is 0. The van der Waals surface area contributed by atoms with Crippen LogP contribution in [0.25, 0.3) is 5.65 Å². The van der Waals surface area contributed by atoms with Gasteiger partial charge >= 0.3 is 0 Å². The van der Waals surface area contributed by atoms with Crippen molar-refractivity contribution in [2.24, 2.45) is 0 Å². The number of carbonyl (C=O) groups is 1. The largest absolute Gasteiger partial charge is 0.280 e. The number of aromatic nitrogens is 3. The number of nitrogens with zero attached hydrogens (tertiary/aromatic N) is 3. The molecular weight excluding hydrogens is 228 g/mol. The van der Waals surface area contributed by atoms with Crippen molar-refractivity contribution in [1.29, 1.82) is 0 Å². The third-order valence-corrected chi connectivity index (χ3v) is 2.03. The minimum Gasteiger partial charge on any atom is -0.275 e. The first-order valence-electron chi connectivity index (χ1n) is 3.92. The summed E-state index contributed by atoms with van der Waals surface area (Å²) in [4.78, 5) is 14.5. The number of carbonyl (C=O) groups excluding carboxylic acids is 1. The highest BCUT2D eigenvalue weighted by atomic mass is 35.5. The molecule has 78 valence electrons. The molecule has 0 aliphatic heterocycles. The van der Waals surface area contributed by atoms with Gasteiger partial charge < -0.3 is 0 Å². The van der Waals surface area contributed by atoms with Crippen LogP contribution in [0.2, 0.25) is 0 Å². The zero-order valence-corrected chi connectivity index (χ0v) is 7.95. The van der Waals surface area contributed by atoms with Crippen molar-refractivity contribution >= 4 is 22.5 Å². The Hall–Kier alpha value is -1.56. The van der Waals surface area contributed by atoms with Crippen LogP contribution < -0.4 is 0 Å². The van der Waals surface area contributed by atoms with Gasteiger partial charge in [-0.1, -0.05) is 0 Å². The van der Waals surface area contributed by atoms with Gasteiger partial charge in [-0.05, 0) is 17.7 Å². The predicted octanol–water partition coefficient (Wildman–Crippen LogP) is 2.05. The molecule has 15 heavy (non-hydrogen) atoms. The minimum absolute atomic E-state index is 0.0131. The molecule has 0 bridgehead atoms. The smallest absolute Gasteiger partial charge is 0.275 e. The Morgan fingerprint density at radius 2 is 2.27 bits per heavy atom. The molecule has 0 atom stereocenters. The molecule has 0 saturated heterocycles. The molecule has 0 N–H and O–H groups in total. The van der Waals surface area contributed by atoms with E-state index in [0.717, 1.165) is 6.07 Å². The van der Waals surface area contributed by atoms with Crippen molar-refractivity contribution < 1.29 is 13.6 Å². The van der Waals surface area contributed by atoms with Gasteiger partial charge in [0.05, 0.1) is 11.8 Å². The van der Waals surface area contributed by atoms with Gasteiger partial charge in [0.15, 0.2) is 5.65 Å². The Morgan fingerprint density at radius 1 is 1.53 bits per heavy atom. The molecule has 0 amide bonds. The molecule has 2 aromatic heterocycles. The molecule has 2 heterocycles. The molecule has 0 unspecified atom stereocenters. The number of hydrogen-bond acceptors (Lipinski definition) is 3. The summed E-state index contributed by atoms with van der Waals surface area (Å²) < 4.78 is 25.9. The Kier molecular flexibility index (Phi) is 2.36. The maximum atomic E-state index is 12.3. The maximum absolute atomic E-state index is 12.3. The first-order chi connectivity index (χ1) is 7.09. The lowest BCUT2D eigenvalue weighted by Gasteiger charge is -1.99. The van der Waals surface area contributed by atoms with Gasteiger partial charge in [-0.15, -0.1) is 0 Å². The van der Waals surface area contributed by atoms with Gasteiger partial charge in [-0.25, -0.2) is 18.3 Å². The van der Waals surface area contributed by atoms with Crippen molar-refractivity contribution in [2.45, 2.75) is 6.43 Å². The summed E-state index contributed by atoms with van der Waals surface area (Å²) in [7, 11) is 0. The molecular formula is C8H4ClF2N3O. The lowest BCUT2D eigenvalue weighted by molar-refractivity contribution is 0.108. The molecule has 7 heteroatoms. The average Bonchev–Trinajstić information content (AvgIpc) is 2.59. The van der Waals surface area contributed by atoms with Crippen LogP contribution in [0.15, 0.2) is 18.5 Å². The van der Waals surface area contributed by atoms with E-state index in [1.54, 1.807) is 0 Å². The Bertz CT molecular complexity index is 526. The van der Waals surface area contributed by atoms with Gasteiger partial charge in [0.25, 0.3) is 11.7 Å². The number of fused-ring (bicyclic) bond motifs is 1. The van der Waals surface area contributed by atoms with Crippen LogP contribution in [-0.4, -0.2) is 19.8 Å². The van der Waals surface area contributed by atoms with Crippen molar-refractivity contribution in [2.75, 3.05) is 0 Å². The second kappa shape index (κ2) is 3.54. The fraction of sp³-hybridized carbons (Fsp3) is 0.125. The first kappa shape index (κ1) is 9.97. The Morgan fingerprint density at radius 3 is 2.87 bits per heavy atom. The molecule has 2 rings (SSSR count). The summed E-state index contributed by atoms with van der Waals surface area (Å²) in [5.74, 6) is 0. The third-order valence-electron chi connectivity index (χ3n) is 1.83. The molecule has 0 spiro atoms. The lowest BCUT2D eigenvalue weighted by Crippen LogP contribution is -1.98. The van der Waals surface area contributed by atoms with Crippen LogP contribution in [-0.2, 0) is 0 Å². The Labute approximate surface area is 87.5 Å². The monoisotopic (exact) mass is 231 g/mol. The zero-order chi connectivity index (χ0) is 11.0. The van der Waals surface area contributed by atoms with E-state index >= 15 is 0 Å². The third kappa shape index (κ3) is 1.68.